The summed E-state index contributed by atoms with van der Waals surface area (Å²) < 4.78 is 10.2. The van der Waals surface area contributed by atoms with Crippen LogP contribution >= 0.6 is 11.6 Å². The van der Waals surface area contributed by atoms with Crippen molar-refractivity contribution in [2.75, 3.05) is 24.7 Å². The Hall–Kier alpha value is -6.38. The molecule has 18 heteroatoms. The Morgan fingerprint density at radius 3 is 2.64 bits per heavy atom. The van der Waals surface area contributed by atoms with E-state index in [4.69, 9.17) is 26.3 Å². The average Bonchev–Trinajstić information content (AvgIpc) is 3.88. The van der Waals surface area contributed by atoms with Crippen LogP contribution in [0.4, 0.5) is 10.5 Å². The number of rotatable bonds is 14. The normalized spacial score (nSPS) is 14.1. The van der Waals surface area contributed by atoms with Gasteiger partial charge in [0.1, 0.15) is 30.4 Å². The van der Waals surface area contributed by atoms with Crippen LogP contribution in [-0.4, -0.2) is 84.9 Å². The van der Waals surface area contributed by atoms with E-state index in [1.54, 1.807) is 54.3 Å². The maximum absolute atomic E-state index is 13.2. The van der Waals surface area contributed by atoms with Gasteiger partial charge in [-0.1, -0.05) is 48.9 Å². The minimum absolute atomic E-state index is 0.0375. The van der Waals surface area contributed by atoms with Crippen molar-refractivity contribution in [3.8, 4) is 6.07 Å². The first-order valence-corrected chi connectivity index (χ1v) is 18.2. The number of carbonyl (C=O) groups is 4. The highest BCUT2D eigenvalue weighted by Gasteiger charge is 2.38. The van der Waals surface area contributed by atoms with Crippen molar-refractivity contribution in [3.05, 3.63) is 100 Å². The van der Waals surface area contributed by atoms with Gasteiger partial charge in [-0.05, 0) is 84.1 Å². The van der Waals surface area contributed by atoms with Crippen LogP contribution in [0.5, 0.6) is 0 Å². The summed E-state index contributed by atoms with van der Waals surface area (Å²) in [7, 11) is 0. The number of aliphatic carboxylic acids is 1. The first kappa shape index (κ1) is 40.8. The second-order valence-corrected chi connectivity index (χ2v) is 13.3. The predicted octanol–water partition coefficient (Wildman–Crippen LogP) is 4.95. The molecule has 5 aromatic rings. The predicted molar refractivity (Wildman–Crippen MR) is 203 cm³/mol. The number of H-pyrrole nitrogens is 2. The fourth-order valence-corrected chi connectivity index (χ4v) is 6.15. The Balaban J connectivity index is 0.000000246. The second kappa shape index (κ2) is 19.3. The monoisotopic (exact) mass is 784 g/mol. The van der Waals surface area contributed by atoms with E-state index in [-0.39, 0.29) is 44.3 Å². The molecule has 1 aliphatic heterocycles. The number of ether oxygens (including phenoxy) is 2. The summed E-state index contributed by atoms with van der Waals surface area (Å²) in [5, 5.41) is 37.8. The molecular formula is C38H41ClN10O7. The first-order chi connectivity index (χ1) is 27.0. The first-order valence-electron chi connectivity index (χ1n) is 17.8. The molecule has 0 spiro atoms. The van der Waals surface area contributed by atoms with E-state index >= 15 is 0 Å². The van der Waals surface area contributed by atoms with Crippen molar-refractivity contribution >= 4 is 52.2 Å². The number of morpholine rings is 1. The number of benzene rings is 3. The number of carbonyl (C=O) groups excluding carboxylic acids is 3. The van der Waals surface area contributed by atoms with E-state index in [1.165, 1.54) is 0 Å². The SMILES string of the molecule is CC[C@@](CCC#N)(NC(=O)OCc1ccccc1)C(=O)O.Cc1cc(C(=O)N[C@@H](CCc2nnn[nH]2)c2nc3cc(Cl)ccc3[nH]2)ccc1N1CCOCC1=O. The lowest BCUT2D eigenvalue weighted by Crippen LogP contribution is -2.54. The number of aromatic amines is 2. The molecule has 6 rings (SSSR count). The standard InChI is InChI=1S/C23H23ClN8O3.C15H18N2O4/c1-13-10-14(2-6-19(13)32-8-9-35-12-21(32)33)23(34)27-17(5-7-20-28-30-31-29-20)22-25-16-4-3-15(24)11-18(16)26-22;1-2-15(13(18)19,9-6-10-16)17-14(20)21-11-12-7-4-3-5-8-12/h2-4,6,10-11,17H,5,7-9,12H2,1H3,(H,25,26)(H,27,34)(H,28,29,30,31);3-5,7-8H,2,6,9,11H2,1H3,(H,17,20)(H,18,19)/t17-;15-/m00/s1. The van der Waals surface area contributed by atoms with Gasteiger partial charge in [0.2, 0.25) is 0 Å². The number of alkyl carbamates (subject to hydrolysis) is 1. The highest BCUT2D eigenvalue weighted by atomic mass is 35.5. The summed E-state index contributed by atoms with van der Waals surface area (Å²) in [6.07, 6.45) is 0.461. The van der Waals surface area contributed by atoms with Crippen LogP contribution in [0, 0.1) is 18.3 Å². The third-order valence-corrected chi connectivity index (χ3v) is 9.36. The van der Waals surface area contributed by atoms with E-state index in [1.807, 2.05) is 37.3 Å². The van der Waals surface area contributed by atoms with Gasteiger partial charge in [-0.3, -0.25) is 9.59 Å². The Morgan fingerprint density at radius 2 is 1.96 bits per heavy atom. The summed E-state index contributed by atoms with van der Waals surface area (Å²) in [6.45, 7) is 4.62. The van der Waals surface area contributed by atoms with Gasteiger partial charge >= 0.3 is 12.1 Å². The zero-order chi connectivity index (χ0) is 40.1. The maximum Gasteiger partial charge on any atom is 0.408 e. The van der Waals surface area contributed by atoms with Gasteiger partial charge in [-0.25, -0.2) is 19.7 Å². The lowest BCUT2D eigenvalue weighted by molar-refractivity contribution is -0.145. The average molecular weight is 785 g/mol. The number of hydrogen-bond acceptors (Lipinski definition) is 11. The van der Waals surface area contributed by atoms with Crippen LogP contribution in [0.2, 0.25) is 5.02 Å². The molecule has 3 amide bonds. The number of halogens is 1. The minimum Gasteiger partial charge on any atom is -0.480 e. The van der Waals surface area contributed by atoms with E-state index in [0.29, 0.717) is 53.7 Å². The largest absolute Gasteiger partial charge is 0.480 e. The quantitative estimate of drug-likeness (QED) is 0.100. The molecule has 5 N–H and O–H groups in total. The van der Waals surface area contributed by atoms with Crippen molar-refractivity contribution in [2.24, 2.45) is 0 Å². The van der Waals surface area contributed by atoms with Gasteiger partial charge in [-0.2, -0.15) is 5.26 Å². The summed E-state index contributed by atoms with van der Waals surface area (Å²) in [5.74, 6) is -0.304. The molecule has 2 aromatic heterocycles. The Morgan fingerprint density at radius 1 is 1.16 bits per heavy atom. The van der Waals surface area contributed by atoms with E-state index in [2.05, 4.69) is 41.2 Å². The van der Waals surface area contributed by atoms with Crippen LogP contribution in [0.15, 0.2) is 66.7 Å². The fraction of sp³-hybridized carbons (Fsp3) is 0.342. The van der Waals surface area contributed by atoms with Gasteiger partial charge in [-0.15, -0.1) is 5.10 Å². The number of nitrogens with one attached hydrogen (secondary N) is 4. The number of carboxylic acids is 1. The number of fused-ring (bicyclic) bond motifs is 1. The van der Waals surface area contributed by atoms with Crippen molar-refractivity contribution in [1.29, 1.82) is 5.26 Å². The van der Waals surface area contributed by atoms with Crippen LogP contribution in [0.25, 0.3) is 11.0 Å². The topological polar surface area (TPSA) is 241 Å². The highest BCUT2D eigenvalue weighted by Crippen LogP contribution is 2.26. The molecule has 56 heavy (non-hydrogen) atoms. The zero-order valence-electron chi connectivity index (χ0n) is 30.8. The molecule has 17 nitrogen and oxygen atoms in total. The van der Waals surface area contributed by atoms with Gasteiger partial charge in [0.15, 0.2) is 0 Å². The summed E-state index contributed by atoms with van der Waals surface area (Å²) in [5.41, 5.74) is 2.96. The van der Waals surface area contributed by atoms with E-state index < -0.39 is 23.6 Å². The third-order valence-electron chi connectivity index (χ3n) is 9.12. The number of nitriles is 1. The van der Waals surface area contributed by atoms with Crippen LogP contribution in [0.3, 0.4) is 0 Å². The van der Waals surface area contributed by atoms with Gasteiger partial charge in [0.25, 0.3) is 11.8 Å². The lowest BCUT2D eigenvalue weighted by atomic mass is 9.91. The molecular weight excluding hydrogens is 744 g/mol. The lowest BCUT2D eigenvalue weighted by Gasteiger charge is -2.28. The second-order valence-electron chi connectivity index (χ2n) is 12.9. The third kappa shape index (κ3) is 10.6. The molecule has 1 fully saturated rings. The number of hydrogen-bond donors (Lipinski definition) is 5. The van der Waals surface area contributed by atoms with Gasteiger partial charge in [0, 0.05) is 35.7 Å². The van der Waals surface area contributed by atoms with Crippen LogP contribution < -0.4 is 15.5 Å². The number of aryl methyl sites for hydroxylation is 2. The molecule has 2 atom stereocenters. The van der Waals surface area contributed by atoms with Crippen molar-refractivity contribution in [1.82, 2.24) is 41.2 Å². The van der Waals surface area contributed by atoms with Crippen molar-refractivity contribution in [3.63, 3.8) is 0 Å². The van der Waals surface area contributed by atoms with E-state index in [9.17, 15) is 24.3 Å². The number of tetrazole rings is 1. The van der Waals surface area contributed by atoms with Gasteiger partial charge in [0.05, 0.1) is 29.8 Å². The summed E-state index contributed by atoms with van der Waals surface area (Å²) >= 11 is 6.11. The molecule has 292 valence electrons. The summed E-state index contributed by atoms with van der Waals surface area (Å²) in [6, 6.07) is 21.2. The number of amides is 3. The number of carboxylic acid groups (broad SMARTS) is 1. The highest BCUT2D eigenvalue weighted by molar-refractivity contribution is 6.31. The smallest absolute Gasteiger partial charge is 0.408 e. The van der Waals surface area contributed by atoms with Crippen molar-refractivity contribution < 1.29 is 33.8 Å². The molecule has 3 heterocycles. The molecule has 1 saturated heterocycles. The molecule has 1 aliphatic rings. The van der Waals surface area contributed by atoms with Gasteiger partial charge < -0.3 is 35.1 Å². The number of imidazole rings is 1. The van der Waals surface area contributed by atoms with E-state index in [0.717, 1.165) is 22.3 Å². The molecule has 0 radical (unpaired) electrons. The Bertz CT molecular complexity index is 2170. The van der Waals surface area contributed by atoms with Crippen LogP contribution in [0.1, 0.15) is 71.8 Å². The Kier molecular flexibility index (Phi) is 14.0. The fourth-order valence-electron chi connectivity index (χ4n) is 5.98. The van der Waals surface area contributed by atoms with Crippen LogP contribution in [-0.2, 0) is 32.1 Å². The summed E-state index contributed by atoms with van der Waals surface area (Å²) in [4.78, 5) is 58.2. The molecule has 0 saturated carbocycles. The Labute approximate surface area is 326 Å². The molecule has 0 unspecified atom stereocenters. The molecule has 3 aromatic carbocycles. The molecule has 0 bridgehead atoms. The number of anilines is 1. The maximum atomic E-state index is 13.2. The minimum atomic E-state index is -1.47. The number of nitrogens with zero attached hydrogens (tertiary/aromatic N) is 6. The van der Waals surface area contributed by atoms with Crippen molar-refractivity contribution in [2.45, 2.75) is 64.1 Å². The zero-order valence-corrected chi connectivity index (χ0v) is 31.5. The number of aromatic nitrogens is 6. The molecule has 0 aliphatic carbocycles.